The van der Waals surface area contributed by atoms with E-state index >= 15 is 0 Å². The molecule has 2 aromatic carbocycles. The zero-order chi connectivity index (χ0) is 11.8. The van der Waals surface area contributed by atoms with Crippen molar-refractivity contribution in [1.29, 1.82) is 0 Å². The zero-order valence-corrected chi connectivity index (χ0v) is 10.1. The molecule has 0 fully saturated rings. The summed E-state index contributed by atoms with van der Waals surface area (Å²) in [6.45, 7) is 4.50. The minimum atomic E-state index is 0.519. The van der Waals surface area contributed by atoms with Gasteiger partial charge in [-0.15, -0.1) is 0 Å². The molecule has 0 amide bonds. The van der Waals surface area contributed by atoms with Crippen LogP contribution in [0.3, 0.4) is 0 Å². The van der Waals surface area contributed by atoms with Crippen molar-refractivity contribution in [3.63, 3.8) is 0 Å². The van der Waals surface area contributed by atoms with Crippen LogP contribution in [0.4, 0.5) is 0 Å². The van der Waals surface area contributed by atoms with Crippen LogP contribution < -0.4 is 0 Å². The molecule has 0 aliphatic rings. The van der Waals surface area contributed by atoms with Crippen molar-refractivity contribution < 1.29 is 0 Å². The predicted octanol–water partition coefficient (Wildman–Crippen LogP) is 4.51. The van der Waals surface area contributed by atoms with Gasteiger partial charge in [-0.2, -0.15) is 0 Å². The van der Waals surface area contributed by atoms with Gasteiger partial charge >= 0.3 is 0 Å². The molecule has 1 nitrogen and oxygen atoms in total. The topological polar surface area (TPSA) is 12.9 Å². The van der Waals surface area contributed by atoms with Gasteiger partial charge in [-0.1, -0.05) is 38.1 Å². The van der Waals surface area contributed by atoms with Gasteiger partial charge in [0.2, 0.25) is 0 Å². The van der Waals surface area contributed by atoms with Gasteiger partial charge in [0.05, 0.1) is 0 Å². The highest BCUT2D eigenvalue weighted by atomic mass is 14.6. The normalized spacial score (nSPS) is 11.5. The van der Waals surface area contributed by atoms with Gasteiger partial charge in [0.1, 0.15) is 0 Å². The molecule has 1 heteroatoms. The van der Waals surface area contributed by atoms with Gasteiger partial charge in [0.25, 0.3) is 0 Å². The summed E-state index contributed by atoms with van der Waals surface area (Å²) in [5.41, 5.74) is 1.43. The number of hydrogen-bond acceptors (Lipinski definition) is 1. The summed E-state index contributed by atoms with van der Waals surface area (Å²) in [6, 6.07) is 12.9. The molecular weight excluding hydrogens is 206 g/mol. The van der Waals surface area contributed by atoms with Crippen LogP contribution >= 0.6 is 0 Å². The Bertz CT molecular complexity index is 629. The Balaban J connectivity index is 2.56. The summed E-state index contributed by atoms with van der Waals surface area (Å²) in [4.78, 5) is 4.22. The van der Waals surface area contributed by atoms with E-state index in [-0.39, 0.29) is 0 Å². The molecule has 0 bridgehead atoms. The lowest BCUT2D eigenvalue weighted by atomic mass is 9.91. The molecule has 17 heavy (non-hydrogen) atoms. The highest BCUT2D eigenvalue weighted by Crippen LogP contribution is 2.32. The van der Waals surface area contributed by atoms with Crippen molar-refractivity contribution >= 4 is 21.5 Å². The van der Waals surface area contributed by atoms with Crippen LogP contribution in [0.5, 0.6) is 0 Å². The van der Waals surface area contributed by atoms with Crippen LogP contribution in [0.2, 0.25) is 0 Å². The summed E-state index contributed by atoms with van der Waals surface area (Å²) >= 11 is 0. The van der Waals surface area contributed by atoms with Gasteiger partial charge in [-0.3, -0.25) is 4.98 Å². The number of aromatic nitrogens is 1. The molecule has 0 atom stereocenters. The predicted molar refractivity (Wildman–Crippen MR) is 73.3 cm³/mol. The van der Waals surface area contributed by atoms with E-state index in [2.05, 4.69) is 55.2 Å². The summed E-state index contributed by atoms with van der Waals surface area (Å²) in [5, 5.41) is 5.22. The van der Waals surface area contributed by atoms with Crippen LogP contribution in [0, 0.1) is 0 Å². The second-order valence-electron chi connectivity index (χ2n) is 4.76. The molecule has 3 aromatic rings. The Hall–Kier alpha value is -1.89. The highest BCUT2D eigenvalue weighted by Gasteiger charge is 2.10. The average molecular weight is 221 g/mol. The van der Waals surface area contributed by atoms with Gasteiger partial charge < -0.3 is 0 Å². The fraction of sp³-hybridized carbons (Fsp3) is 0.188. The second kappa shape index (κ2) is 3.85. The largest absolute Gasteiger partial charge is 0.264 e. The molecule has 1 heterocycles. The van der Waals surface area contributed by atoms with Crippen molar-refractivity contribution in [2.75, 3.05) is 0 Å². The van der Waals surface area contributed by atoms with Crippen LogP contribution in [0.25, 0.3) is 21.5 Å². The van der Waals surface area contributed by atoms with E-state index in [0.717, 1.165) is 0 Å². The first-order valence-electron chi connectivity index (χ1n) is 6.03. The monoisotopic (exact) mass is 221 g/mol. The Labute approximate surface area is 101 Å². The Morgan fingerprint density at radius 2 is 1.71 bits per heavy atom. The van der Waals surface area contributed by atoms with Crippen LogP contribution in [0.15, 0.2) is 48.8 Å². The Kier molecular flexibility index (Phi) is 2.32. The number of rotatable bonds is 1. The van der Waals surface area contributed by atoms with Crippen molar-refractivity contribution in [1.82, 2.24) is 4.98 Å². The smallest absolute Gasteiger partial charge is 0.0346 e. The molecule has 0 saturated heterocycles. The lowest BCUT2D eigenvalue weighted by Gasteiger charge is -2.14. The minimum absolute atomic E-state index is 0.519. The minimum Gasteiger partial charge on any atom is -0.264 e. The number of fused-ring (bicyclic) bond motifs is 2. The van der Waals surface area contributed by atoms with Crippen molar-refractivity contribution in [3.05, 3.63) is 54.4 Å². The number of benzene rings is 2. The number of pyridine rings is 1. The standard InChI is InChI=1S/C16H15N/c1-11(2)16-14-6-4-3-5-12(14)9-13-10-17-8-7-15(13)16/h3-11H,1-2H3. The van der Waals surface area contributed by atoms with Crippen LogP contribution in [-0.4, -0.2) is 4.98 Å². The maximum atomic E-state index is 4.22. The quantitative estimate of drug-likeness (QED) is 0.551. The van der Waals surface area contributed by atoms with Gasteiger partial charge in [-0.05, 0) is 39.8 Å². The first-order chi connectivity index (χ1) is 8.27. The van der Waals surface area contributed by atoms with Crippen molar-refractivity contribution in [2.45, 2.75) is 19.8 Å². The van der Waals surface area contributed by atoms with Crippen LogP contribution in [-0.2, 0) is 0 Å². The van der Waals surface area contributed by atoms with E-state index in [1.807, 2.05) is 12.4 Å². The number of hydrogen-bond donors (Lipinski definition) is 0. The fourth-order valence-corrected chi connectivity index (χ4v) is 2.57. The molecule has 0 radical (unpaired) electrons. The molecular formula is C16H15N. The summed E-state index contributed by atoms with van der Waals surface area (Å²) in [7, 11) is 0. The SMILES string of the molecule is CC(C)c1c2ccccc2cc2cnccc12. The van der Waals surface area contributed by atoms with E-state index < -0.39 is 0 Å². The molecule has 0 spiro atoms. The van der Waals surface area contributed by atoms with E-state index in [1.54, 1.807) is 0 Å². The van der Waals surface area contributed by atoms with Crippen LogP contribution in [0.1, 0.15) is 25.3 Å². The zero-order valence-electron chi connectivity index (χ0n) is 10.1. The highest BCUT2D eigenvalue weighted by molar-refractivity contribution is 6.02. The maximum absolute atomic E-state index is 4.22. The lowest BCUT2D eigenvalue weighted by molar-refractivity contribution is 0.885. The van der Waals surface area contributed by atoms with Crippen molar-refractivity contribution in [2.24, 2.45) is 0 Å². The first-order valence-corrected chi connectivity index (χ1v) is 6.03. The summed E-state index contributed by atoms with van der Waals surface area (Å²) < 4.78 is 0. The molecule has 3 rings (SSSR count). The Morgan fingerprint density at radius 1 is 0.941 bits per heavy atom. The van der Waals surface area contributed by atoms with E-state index in [1.165, 1.54) is 27.1 Å². The second-order valence-corrected chi connectivity index (χ2v) is 4.76. The number of nitrogens with zero attached hydrogens (tertiary/aromatic N) is 1. The third kappa shape index (κ3) is 1.59. The average Bonchev–Trinajstić information content (AvgIpc) is 2.35. The molecule has 84 valence electrons. The van der Waals surface area contributed by atoms with Gasteiger partial charge in [-0.25, -0.2) is 0 Å². The molecule has 0 aliphatic heterocycles. The third-order valence-electron chi connectivity index (χ3n) is 3.28. The Morgan fingerprint density at radius 3 is 2.53 bits per heavy atom. The molecule has 1 aromatic heterocycles. The molecule has 0 saturated carbocycles. The summed E-state index contributed by atoms with van der Waals surface area (Å²) in [5.74, 6) is 0.519. The first kappa shape index (κ1) is 10.3. The summed E-state index contributed by atoms with van der Waals surface area (Å²) in [6.07, 6.45) is 3.83. The van der Waals surface area contributed by atoms with Gasteiger partial charge in [0.15, 0.2) is 0 Å². The third-order valence-corrected chi connectivity index (χ3v) is 3.28. The molecule has 0 N–H and O–H groups in total. The lowest BCUT2D eigenvalue weighted by Crippen LogP contribution is -1.92. The maximum Gasteiger partial charge on any atom is 0.0346 e. The van der Waals surface area contributed by atoms with E-state index in [9.17, 15) is 0 Å². The molecule has 0 aliphatic carbocycles. The fourth-order valence-electron chi connectivity index (χ4n) is 2.57. The van der Waals surface area contributed by atoms with E-state index in [4.69, 9.17) is 0 Å². The van der Waals surface area contributed by atoms with Crippen molar-refractivity contribution in [3.8, 4) is 0 Å². The van der Waals surface area contributed by atoms with Gasteiger partial charge in [0, 0.05) is 17.8 Å². The molecule has 0 unspecified atom stereocenters. The van der Waals surface area contributed by atoms with E-state index in [0.29, 0.717) is 5.92 Å².